The van der Waals surface area contributed by atoms with Crippen molar-refractivity contribution in [3.63, 3.8) is 0 Å². The van der Waals surface area contributed by atoms with E-state index in [2.05, 4.69) is 27.7 Å². The lowest BCUT2D eigenvalue weighted by atomic mass is 9.73. The van der Waals surface area contributed by atoms with Crippen LogP contribution in [0, 0.1) is 17.8 Å². The predicted molar refractivity (Wildman–Crippen MR) is 117 cm³/mol. The Kier molecular flexibility index (Phi) is 8.38. The molecular formula is C26H32O2. The normalized spacial score (nSPS) is 13.8. The van der Waals surface area contributed by atoms with Gasteiger partial charge in [0.25, 0.3) is 0 Å². The first-order valence-electron chi connectivity index (χ1n) is 10.2. The molecule has 0 radical (unpaired) electrons. The van der Waals surface area contributed by atoms with Crippen molar-refractivity contribution >= 4 is 17.6 Å². The maximum absolute atomic E-state index is 13.2. The van der Waals surface area contributed by atoms with E-state index in [1.165, 1.54) is 0 Å². The topological polar surface area (TPSA) is 34.1 Å². The zero-order valence-electron chi connectivity index (χ0n) is 17.5. The number of benzene rings is 2. The molecule has 0 aliphatic carbocycles. The molecule has 0 saturated heterocycles. The molecule has 0 aromatic heterocycles. The van der Waals surface area contributed by atoms with E-state index >= 15 is 0 Å². The predicted octanol–water partition coefficient (Wildman–Crippen LogP) is 6.33. The Bertz CT molecular complexity index is 773. The van der Waals surface area contributed by atoms with Crippen molar-refractivity contribution in [2.24, 2.45) is 17.8 Å². The van der Waals surface area contributed by atoms with E-state index in [0.717, 1.165) is 11.1 Å². The van der Waals surface area contributed by atoms with Gasteiger partial charge in [-0.15, -0.1) is 0 Å². The van der Waals surface area contributed by atoms with Gasteiger partial charge in [0.2, 0.25) is 0 Å². The molecule has 148 valence electrons. The fraction of sp³-hybridized carbons (Fsp3) is 0.385. The van der Waals surface area contributed by atoms with Crippen LogP contribution in [0.4, 0.5) is 0 Å². The molecule has 0 heterocycles. The van der Waals surface area contributed by atoms with E-state index in [1.807, 2.05) is 66.7 Å². The average Bonchev–Trinajstić information content (AvgIpc) is 2.66. The average molecular weight is 377 g/mol. The maximum atomic E-state index is 13.2. The quantitative estimate of drug-likeness (QED) is 0.454. The van der Waals surface area contributed by atoms with Crippen LogP contribution in [0.25, 0.3) is 6.08 Å². The van der Waals surface area contributed by atoms with Crippen LogP contribution in [0.15, 0.2) is 66.7 Å². The molecule has 0 N–H and O–H groups in total. The van der Waals surface area contributed by atoms with Gasteiger partial charge in [0.1, 0.15) is 5.78 Å². The molecular weight excluding hydrogens is 344 g/mol. The molecule has 2 aromatic carbocycles. The highest BCUT2D eigenvalue weighted by molar-refractivity contribution is 5.96. The van der Waals surface area contributed by atoms with Crippen molar-refractivity contribution in [2.45, 2.75) is 46.5 Å². The molecule has 0 bridgehead atoms. The number of hydrogen-bond donors (Lipinski definition) is 0. The minimum atomic E-state index is -0.224. The maximum Gasteiger partial charge on any atom is 0.159 e. The summed E-state index contributed by atoms with van der Waals surface area (Å²) in [5.41, 5.74) is 2.07. The van der Waals surface area contributed by atoms with Crippen molar-refractivity contribution < 1.29 is 9.59 Å². The van der Waals surface area contributed by atoms with Crippen LogP contribution < -0.4 is 0 Å². The lowest BCUT2D eigenvalue weighted by molar-refractivity contribution is -0.122. The van der Waals surface area contributed by atoms with Crippen LogP contribution in [0.2, 0.25) is 0 Å². The molecule has 2 atom stereocenters. The largest absolute Gasteiger partial charge is 0.300 e. The summed E-state index contributed by atoms with van der Waals surface area (Å²) < 4.78 is 0. The summed E-state index contributed by atoms with van der Waals surface area (Å²) in [4.78, 5) is 25.8. The fourth-order valence-electron chi connectivity index (χ4n) is 3.78. The third-order valence-electron chi connectivity index (χ3n) is 5.03. The van der Waals surface area contributed by atoms with Gasteiger partial charge in [0.05, 0.1) is 0 Å². The molecule has 2 nitrogen and oxygen atoms in total. The van der Waals surface area contributed by atoms with E-state index in [0.29, 0.717) is 18.8 Å². The highest BCUT2D eigenvalue weighted by Crippen LogP contribution is 2.35. The standard InChI is InChI=1S/C26H32O2/c1-19(2)17-23(27)18-24(22-13-9-6-10-14-22)26(20(3)4)25(28)16-15-21-11-7-5-8-12-21/h5-16,19-20,24,26H,17-18H2,1-4H3. The second-order valence-electron chi connectivity index (χ2n) is 8.27. The molecule has 0 spiro atoms. The number of allylic oxidation sites excluding steroid dienone is 1. The van der Waals surface area contributed by atoms with Crippen molar-refractivity contribution in [3.8, 4) is 0 Å². The van der Waals surface area contributed by atoms with Gasteiger partial charge >= 0.3 is 0 Å². The van der Waals surface area contributed by atoms with Gasteiger partial charge < -0.3 is 0 Å². The van der Waals surface area contributed by atoms with Crippen LogP contribution >= 0.6 is 0 Å². The Labute approximate surface area is 169 Å². The number of hydrogen-bond acceptors (Lipinski definition) is 2. The zero-order valence-corrected chi connectivity index (χ0v) is 17.5. The zero-order chi connectivity index (χ0) is 20.5. The molecule has 0 aliphatic heterocycles. The van der Waals surface area contributed by atoms with Crippen LogP contribution in [0.3, 0.4) is 0 Å². The Morgan fingerprint density at radius 2 is 1.39 bits per heavy atom. The SMILES string of the molecule is CC(C)CC(=O)CC(c1ccccc1)C(C(=O)C=Cc1ccccc1)C(C)C. The van der Waals surface area contributed by atoms with E-state index in [1.54, 1.807) is 6.08 Å². The number of ketones is 2. The van der Waals surface area contributed by atoms with Crippen LogP contribution in [-0.2, 0) is 9.59 Å². The first-order chi connectivity index (χ1) is 13.4. The summed E-state index contributed by atoms with van der Waals surface area (Å²) in [5.74, 6) is 0.471. The lowest BCUT2D eigenvalue weighted by Crippen LogP contribution is -2.28. The van der Waals surface area contributed by atoms with E-state index in [9.17, 15) is 9.59 Å². The smallest absolute Gasteiger partial charge is 0.159 e. The Hall–Kier alpha value is -2.48. The van der Waals surface area contributed by atoms with Gasteiger partial charge in [-0.3, -0.25) is 9.59 Å². The second-order valence-corrected chi connectivity index (χ2v) is 8.27. The molecule has 28 heavy (non-hydrogen) atoms. The monoisotopic (exact) mass is 376 g/mol. The van der Waals surface area contributed by atoms with E-state index in [4.69, 9.17) is 0 Å². The van der Waals surface area contributed by atoms with Crippen molar-refractivity contribution in [1.82, 2.24) is 0 Å². The third kappa shape index (κ3) is 6.60. The summed E-state index contributed by atoms with van der Waals surface area (Å²) in [6.45, 7) is 8.26. The highest BCUT2D eigenvalue weighted by Gasteiger charge is 2.32. The van der Waals surface area contributed by atoms with Gasteiger partial charge in [0, 0.05) is 24.7 Å². The van der Waals surface area contributed by atoms with Crippen LogP contribution in [0.1, 0.15) is 57.6 Å². The second kappa shape index (κ2) is 10.8. The molecule has 2 rings (SSSR count). The van der Waals surface area contributed by atoms with Crippen LogP contribution in [0.5, 0.6) is 0 Å². The van der Waals surface area contributed by atoms with E-state index < -0.39 is 0 Å². The first-order valence-corrected chi connectivity index (χ1v) is 10.2. The lowest BCUT2D eigenvalue weighted by Gasteiger charge is -2.29. The molecule has 0 fully saturated rings. The number of rotatable bonds is 10. The van der Waals surface area contributed by atoms with Crippen molar-refractivity contribution in [2.75, 3.05) is 0 Å². The number of carbonyl (C=O) groups excluding carboxylic acids is 2. The first kappa shape index (κ1) is 21.8. The Balaban J connectivity index is 2.31. The number of Topliss-reactive ketones (excluding diaryl/α,β-unsaturated/α-hetero) is 1. The van der Waals surface area contributed by atoms with E-state index in [-0.39, 0.29) is 29.3 Å². The fourth-order valence-corrected chi connectivity index (χ4v) is 3.78. The van der Waals surface area contributed by atoms with Gasteiger partial charge in [-0.2, -0.15) is 0 Å². The summed E-state index contributed by atoms with van der Waals surface area (Å²) in [6, 6.07) is 19.9. The molecule has 2 unspecified atom stereocenters. The summed E-state index contributed by atoms with van der Waals surface area (Å²) in [7, 11) is 0. The van der Waals surface area contributed by atoms with Crippen molar-refractivity contribution in [1.29, 1.82) is 0 Å². The molecule has 0 aliphatic rings. The Morgan fingerprint density at radius 3 is 1.93 bits per heavy atom. The molecule has 2 heteroatoms. The molecule has 0 saturated carbocycles. The van der Waals surface area contributed by atoms with Crippen molar-refractivity contribution in [3.05, 3.63) is 77.9 Å². The summed E-state index contributed by atoms with van der Waals surface area (Å²) >= 11 is 0. The van der Waals surface area contributed by atoms with Gasteiger partial charge in [-0.1, -0.05) is 94.4 Å². The summed E-state index contributed by atoms with van der Waals surface area (Å²) in [5, 5.41) is 0. The third-order valence-corrected chi connectivity index (χ3v) is 5.03. The van der Waals surface area contributed by atoms with Gasteiger partial charge in [-0.25, -0.2) is 0 Å². The van der Waals surface area contributed by atoms with Gasteiger partial charge in [0.15, 0.2) is 5.78 Å². The summed E-state index contributed by atoms with van der Waals surface area (Å²) in [6.07, 6.45) is 4.52. The minimum absolute atomic E-state index is 0.0880. The minimum Gasteiger partial charge on any atom is -0.300 e. The van der Waals surface area contributed by atoms with Crippen LogP contribution in [-0.4, -0.2) is 11.6 Å². The highest BCUT2D eigenvalue weighted by atomic mass is 16.1. The molecule has 0 amide bonds. The van der Waals surface area contributed by atoms with Gasteiger partial charge in [-0.05, 0) is 29.0 Å². The Morgan fingerprint density at radius 1 is 0.821 bits per heavy atom. The number of carbonyl (C=O) groups is 2. The molecule has 2 aromatic rings.